The van der Waals surface area contributed by atoms with E-state index in [2.05, 4.69) is 19.1 Å². The summed E-state index contributed by atoms with van der Waals surface area (Å²) in [5, 5.41) is 0.783. The number of halogens is 1. The maximum atomic E-state index is 6.18. The quantitative estimate of drug-likeness (QED) is 0.837. The van der Waals surface area contributed by atoms with E-state index in [9.17, 15) is 0 Å². The minimum atomic E-state index is 0.573. The number of benzene rings is 2. The molecule has 2 heteroatoms. The summed E-state index contributed by atoms with van der Waals surface area (Å²) in [5.41, 5.74) is 10.2. The zero-order chi connectivity index (χ0) is 11.5. The fraction of sp³-hybridized carbons (Fsp3) is 0.143. The highest BCUT2D eigenvalue weighted by molar-refractivity contribution is 6.33. The highest BCUT2D eigenvalue weighted by Gasteiger charge is 2.05. The van der Waals surface area contributed by atoms with Crippen molar-refractivity contribution in [2.24, 2.45) is 5.73 Å². The van der Waals surface area contributed by atoms with Gasteiger partial charge in [0.25, 0.3) is 0 Å². The van der Waals surface area contributed by atoms with E-state index in [1.165, 1.54) is 11.1 Å². The fourth-order valence-corrected chi connectivity index (χ4v) is 2.07. The van der Waals surface area contributed by atoms with E-state index in [1.54, 1.807) is 0 Å². The van der Waals surface area contributed by atoms with Gasteiger partial charge in [-0.1, -0.05) is 48.0 Å². The van der Waals surface area contributed by atoms with Gasteiger partial charge in [-0.3, -0.25) is 0 Å². The van der Waals surface area contributed by atoms with Crippen molar-refractivity contribution < 1.29 is 0 Å². The Morgan fingerprint density at radius 1 is 1.06 bits per heavy atom. The van der Waals surface area contributed by atoms with Crippen LogP contribution in [0, 0.1) is 6.92 Å². The Morgan fingerprint density at radius 2 is 1.81 bits per heavy atom. The third kappa shape index (κ3) is 2.11. The SMILES string of the molecule is Cc1cc(CN)ccc1-c1ccccc1Cl. The van der Waals surface area contributed by atoms with E-state index < -0.39 is 0 Å². The summed E-state index contributed by atoms with van der Waals surface area (Å²) in [6, 6.07) is 14.1. The molecule has 0 fully saturated rings. The van der Waals surface area contributed by atoms with Crippen LogP contribution in [0.25, 0.3) is 11.1 Å². The second-order valence-electron chi connectivity index (χ2n) is 3.83. The summed E-state index contributed by atoms with van der Waals surface area (Å²) >= 11 is 6.18. The van der Waals surface area contributed by atoms with Crippen molar-refractivity contribution in [3.05, 3.63) is 58.6 Å². The lowest BCUT2D eigenvalue weighted by Gasteiger charge is -2.09. The van der Waals surface area contributed by atoms with Gasteiger partial charge in [-0.15, -0.1) is 0 Å². The molecule has 1 nitrogen and oxygen atoms in total. The Hall–Kier alpha value is -1.31. The van der Waals surface area contributed by atoms with Gasteiger partial charge < -0.3 is 5.73 Å². The average Bonchev–Trinajstić information content (AvgIpc) is 2.30. The molecule has 16 heavy (non-hydrogen) atoms. The standard InChI is InChI=1S/C14H14ClN/c1-10-8-11(9-16)6-7-12(10)13-4-2-3-5-14(13)15/h2-8H,9,16H2,1H3. The van der Waals surface area contributed by atoms with Gasteiger partial charge in [-0.25, -0.2) is 0 Å². The molecule has 0 aromatic heterocycles. The number of rotatable bonds is 2. The van der Waals surface area contributed by atoms with Crippen LogP contribution in [0.4, 0.5) is 0 Å². The van der Waals surface area contributed by atoms with Gasteiger partial charge in [-0.2, -0.15) is 0 Å². The van der Waals surface area contributed by atoms with Gasteiger partial charge in [0.15, 0.2) is 0 Å². The number of hydrogen-bond donors (Lipinski definition) is 1. The summed E-state index contributed by atoms with van der Waals surface area (Å²) in [4.78, 5) is 0. The molecule has 2 N–H and O–H groups in total. The van der Waals surface area contributed by atoms with E-state index in [0.717, 1.165) is 16.1 Å². The predicted molar refractivity (Wildman–Crippen MR) is 69.5 cm³/mol. The van der Waals surface area contributed by atoms with Gasteiger partial charge in [0.05, 0.1) is 0 Å². The molecule has 0 aliphatic carbocycles. The second-order valence-corrected chi connectivity index (χ2v) is 4.24. The summed E-state index contributed by atoms with van der Waals surface area (Å²) in [5.74, 6) is 0. The van der Waals surface area contributed by atoms with Gasteiger partial charge in [0.2, 0.25) is 0 Å². The van der Waals surface area contributed by atoms with Crippen LogP contribution < -0.4 is 5.73 Å². The first kappa shape index (κ1) is 11.2. The third-order valence-electron chi connectivity index (χ3n) is 2.69. The van der Waals surface area contributed by atoms with Crippen molar-refractivity contribution in [2.75, 3.05) is 0 Å². The summed E-state index contributed by atoms with van der Waals surface area (Å²) in [6.45, 7) is 2.65. The van der Waals surface area contributed by atoms with Crippen molar-refractivity contribution in [3.8, 4) is 11.1 Å². The van der Waals surface area contributed by atoms with E-state index >= 15 is 0 Å². The maximum Gasteiger partial charge on any atom is 0.0484 e. The summed E-state index contributed by atoms with van der Waals surface area (Å²) in [7, 11) is 0. The molecular formula is C14H14ClN. The summed E-state index contributed by atoms with van der Waals surface area (Å²) in [6.07, 6.45) is 0. The van der Waals surface area contributed by atoms with Crippen LogP contribution in [0.1, 0.15) is 11.1 Å². The molecule has 2 rings (SSSR count). The van der Waals surface area contributed by atoms with Crippen molar-refractivity contribution >= 4 is 11.6 Å². The number of aryl methyl sites for hydroxylation is 1. The van der Waals surface area contributed by atoms with Crippen LogP contribution in [0.3, 0.4) is 0 Å². The van der Waals surface area contributed by atoms with E-state index in [-0.39, 0.29) is 0 Å². The topological polar surface area (TPSA) is 26.0 Å². The van der Waals surface area contributed by atoms with Crippen LogP contribution in [-0.4, -0.2) is 0 Å². The van der Waals surface area contributed by atoms with Crippen molar-refractivity contribution in [3.63, 3.8) is 0 Å². The minimum Gasteiger partial charge on any atom is -0.326 e. The lowest BCUT2D eigenvalue weighted by Crippen LogP contribution is -1.97. The molecule has 0 aliphatic rings. The maximum absolute atomic E-state index is 6.18. The van der Waals surface area contributed by atoms with E-state index in [0.29, 0.717) is 6.54 Å². The van der Waals surface area contributed by atoms with Gasteiger partial charge in [-0.05, 0) is 29.7 Å². The number of nitrogens with two attached hydrogens (primary N) is 1. The Morgan fingerprint density at radius 3 is 2.44 bits per heavy atom. The van der Waals surface area contributed by atoms with Crippen LogP contribution in [0.15, 0.2) is 42.5 Å². The molecule has 0 saturated heterocycles. The van der Waals surface area contributed by atoms with Gasteiger partial charge in [0, 0.05) is 17.1 Å². The molecule has 0 heterocycles. The first-order valence-corrected chi connectivity index (χ1v) is 5.64. The van der Waals surface area contributed by atoms with Gasteiger partial charge in [0.1, 0.15) is 0 Å². The molecule has 2 aromatic rings. The molecule has 0 amide bonds. The van der Waals surface area contributed by atoms with Crippen LogP contribution >= 0.6 is 11.6 Å². The Balaban J connectivity index is 2.53. The summed E-state index contributed by atoms with van der Waals surface area (Å²) < 4.78 is 0. The van der Waals surface area contributed by atoms with Crippen molar-refractivity contribution in [1.82, 2.24) is 0 Å². The normalized spacial score (nSPS) is 10.4. The van der Waals surface area contributed by atoms with Crippen LogP contribution in [0.5, 0.6) is 0 Å². The molecule has 0 spiro atoms. The van der Waals surface area contributed by atoms with E-state index in [1.807, 2.05) is 30.3 Å². The number of hydrogen-bond acceptors (Lipinski definition) is 1. The van der Waals surface area contributed by atoms with E-state index in [4.69, 9.17) is 17.3 Å². The molecular weight excluding hydrogens is 218 g/mol. The van der Waals surface area contributed by atoms with Crippen molar-refractivity contribution in [2.45, 2.75) is 13.5 Å². The molecule has 82 valence electrons. The lowest BCUT2D eigenvalue weighted by molar-refractivity contribution is 1.07. The molecule has 0 radical (unpaired) electrons. The Bertz CT molecular complexity index is 506. The third-order valence-corrected chi connectivity index (χ3v) is 3.02. The first-order valence-electron chi connectivity index (χ1n) is 5.27. The average molecular weight is 232 g/mol. The molecule has 0 bridgehead atoms. The Labute approximate surface area is 101 Å². The largest absolute Gasteiger partial charge is 0.326 e. The molecule has 0 atom stereocenters. The molecule has 2 aromatic carbocycles. The first-order chi connectivity index (χ1) is 7.72. The van der Waals surface area contributed by atoms with Gasteiger partial charge >= 0.3 is 0 Å². The molecule has 0 unspecified atom stereocenters. The zero-order valence-corrected chi connectivity index (χ0v) is 9.96. The smallest absolute Gasteiger partial charge is 0.0484 e. The highest BCUT2D eigenvalue weighted by atomic mass is 35.5. The zero-order valence-electron chi connectivity index (χ0n) is 9.20. The highest BCUT2D eigenvalue weighted by Crippen LogP contribution is 2.30. The second kappa shape index (κ2) is 4.69. The van der Waals surface area contributed by atoms with Crippen LogP contribution in [-0.2, 0) is 6.54 Å². The molecule has 0 aliphatic heterocycles. The van der Waals surface area contributed by atoms with Crippen LogP contribution in [0.2, 0.25) is 5.02 Å². The molecule has 0 saturated carbocycles. The fourth-order valence-electron chi connectivity index (χ4n) is 1.83. The minimum absolute atomic E-state index is 0.573. The monoisotopic (exact) mass is 231 g/mol. The predicted octanol–water partition coefficient (Wildman–Crippen LogP) is 3.77. The van der Waals surface area contributed by atoms with Crippen molar-refractivity contribution in [1.29, 1.82) is 0 Å². The lowest BCUT2D eigenvalue weighted by atomic mass is 9.98. The Kier molecular flexibility index (Phi) is 3.28.